The van der Waals surface area contributed by atoms with Gasteiger partial charge in [0.15, 0.2) is 31.9 Å². The summed E-state index contributed by atoms with van der Waals surface area (Å²) >= 11 is 0. The van der Waals surface area contributed by atoms with Crippen molar-refractivity contribution in [1.29, 1.82) is 0 Å². The van der Waals surface area contributed by atoms with Gasteiger partial charge in [-0.15, -0.1) is 0 Å². The third-order valence-corrected chi connectivity index (χ3v) is 7.99. The summed E-state index contributed by atoms with van der Waals surface area (Å²) in [5.74, 6) is 0. The van der Waals surface area contributed by atoms with Crippen molar-refractivity contribution in [3.8, 4) is 0 Å². The molecule has 1 heterocycles. The minimum atomic E-state index is -5.18. The van der Waals surface area contributed by atoms with Crippen molar-refractivity contribution in [3.63, 3.8) is 0 Å². The Kier molecular flexibility index (Phi) is 10.7. The molecule has 0 fully saturated rings. The quantitative estimate of drug-likeness (QED) is 0.206. The summed E-state index contributed by atoms with van der Waals surface area (Å²) in [6, 6.07) is 3.45. The first kappa shape index (κ1) is 24.3. The lowest BCUT2D eigenvalue weighted by molar-refractivity contribution is -0.694. The van der Waals surface area contributed by atoms with E-state index in [2.05, 4.69) is 12.2 Å². The summed E-state index contributed by atoms with van der Waals surface area (Å²) in [6.45, 7) is 2.45. The monoisotopic (exact) mass is 422 g/mol. The first-order valence-electron chi connectivity index (χ1n) is 9.46. The lowest BCUT2D eigenvalue weighted by Crippen LogP contribution is -2.40. The lowest BCUT2D eigenvalue weighted by Gasteiger charge is -2.25. The maximum absolute atomic E-state index is 11.4. The molecule has 156 valence electrons. The van der Waals surface area contributed by atoms with E-state index in [9.17, 15) is 23.8 Å². The number of anilines is 1. The summed E-state index contributed by atoms with van der Waals surface area (Å²) in [5, 5.41) is 1.07. The van der Waals surface area contributed by atoms with Gasteiger partial charge in [0.1, 0.15) is 0 Å². The summed E-state index contributed by atoms with van der Waals surface area (Å²) in [5.41, 5.74) is 0.726. The molecule has 0 aliphatic carbocycles. The van der Waals surface area contributed by atoms with Crippen LogP contribution in [0.25, 0.3) is 0 Å². The molecule has 27 heavy (non-hydrogen) atoms. The predicted molar refractivity (Wildman–Crippen MR) is 103 cm³/mol. The highest BCUT2D eigenvalue weighted by atomic mass is 31.2. The van der Waals surface area contributed by atoms with E-state index in [-0.39, 0.29) is 0 Å². The second kappa shape index (κ2) is 11.9. The van der Waals surface area contributed by atoms with E-state index >= 15 is 0 Å². The van der Waals surface area contributed by atoms with Crippen LogP contribution in [0.1, 0.15) is 58.3 Å². The molecule has 10 heteroatoms. The molecule has 4 N–H and O–H groups in total. The topological polar surface area (TPSA) is 134 Å². The zero-order chi connectivity index (χ0) is 20.3. The van der Waals surface area contributed by atoms with E-state index in [1.807, 2.05) is 0 Å². The number of unbranched alkanes of at least 4 members (excludes halogenated alkanes) is 7. The van der Waals surface area contributed by atoms with Gasteiger partial charge in [0.25, 0.3) is 0 Å². The van der Waals surface area contributed by atoms with Gasteiger partial charge in [0.2, 0.25) is 0 Å². The molecule has 0 radical (unpaired) electrons. The fraction of sp³-hybridized carbons (Fsp3) is 0.706. The Morgan fingerprint density at radius 1 is 1.07 bits per heavy atom. The van der Waals surface area contributed by atoms with Crippen molar-refractivity contribution in [1.82, 2.24) is 0 Å². The Bertz CT molecular complexity index is 624. The molecule has 1 aromatic heterocycles. The fourth-order valence-corrected chi connectivity index (χ4v) is 5.14. The number of pyridine rings is 1. The Morgan fingerprint density at radius 2 is 1.67 bits per heavy atom. The van der Waals surface area contributed by atoms with Crippen LogP contribution in [-0.2, 0) is 15.7 Å². The van der Waals surface area contributed by atoms with Crippen LogP contribution in [0.3, 0.4) is 0 Å². The van der Waals surface area contributed by atoms with Crippen LogP contribution in [0.5, 0.6) is 0 Å². The van der Waals surface area contributed by atoms with E-state index in [1.165, 1.54) is 49.3 Å². The molecule has 0 aromatic carbocycles. The third-order valence-electron chi connectivity index (χ3n) is 4.36. The van der Waals surface area contributed by atoms with Crippen LogP contribution in [0.15, 0.2) is 24.5 Å². The molecule has 0 bridgehead atoms. The van der Waals surface area contributed by atoms with Gasteiger partial charge in [-0.2, -0.15) is 0 Å². The van der Waals surface area contributed by atoms with Crippen molar-refractivity contribution < 1.29 is 33.3 Å². The highest BCUT2D eigenvalue weighted by Gasteiger charge is 2.40. The molecule has 8 nitrogen and oxygen atoms in total. The number of aromatic nitrogens is 1. The van der Waals surface area contributed by atoms with E-state index in [0.717, 1.165) is 25.1 Å². The van der Waals surface area contributed by atoms with Crippen molar-refractivity contribution in [2.24, 2.45) is 0 Å². The van der Waals surface area contributed by atoms with Crippen molar-refractivity contribution in [2.45, 2.75) is 70.2 Å². The molecule has 0 spiro atoms. The molecule has 1 aromatic rings. The van der Waals surface area contributed by atoms with Gasteiger partial charge in [0, 0.05) is 12.6 Å². The Balaban J connectivity index is 2.43. The molecular formula is C17H32N2O6P2. The highest BCUT2D eigenvalue weighted by Crippen LogP contribution is 2.57. The SMILES string of the molecule is CCCCCCCCCCNc1ccc[n+](CC(P(=O)([O-])O)P(=O)(O)O)c1. The fourth-order valence-electron chi connectivity index (χ4n) is 2.82. The van der Waals surface area contributed by atoms with Crippen LogP contribution < -0.4 is 14.8 Å². The van der Waals surface area contributed by atoms with Gasteiger partial charge in [-0.3, -0.25) is 4.57 Å². The molecule has 0 aliphatic rings. The van der Waals surface area contributed by atoms with Gasteiger partial charge in [-0.1, -0.05) is 51.9 Å². The van der Waals surface area contributed by atoms with Gasteiger partial charge in [-0.05, 0) is 12.5 Å². The minimum absolute atomic E-state index is 0.519. The minimum Gasteiger partial charge on any atom is -0.778 e. The van der Waals surface area contributed by atoms with Crippen LogP contribution in [-0.4, -0.2) is 26.6 Å². The summed E-state index contributed by atoms with van der Waals surface area (Å²) < 4.78 is 24.0. The first-order valence-corrected chi connectivity index (χ1v) is 12.8. The maximum atomic E-state index is 11.4. The number of hydrogen-bond donors (Lipinski definition) is 4. The summed E-state index contributed by atoms with van der Waals surface area (Å²) in [6.07, 6.45) is 12.8. The normalized spacial score (nSPS) is 15.3. The van der Waals surface area contributed by atoms with Crippen molar-refractivity contribution >= 4 is 20.9 Å². The average Bonchev–Trinajstić information content (AvgIpc) is 2.57. The predicted octanol–water partition coefficient (Wildman–Crippen LogP) is 2.58. The summed E-state index contributed by atoms with van der Waals surface area (Å²) in [7, 11) is -10.2. The second-order valence-electron chi connectivity index (χ2n) is 6.82. The number of hydrogen-bond acceptors (Lipinski definition) is 4. The third kappa shape index (κ3) is 10.4. The molecule has 0 saturated carbocycles. The smallest absolute Gasteiger partial charge is 0.343 e. The molecule has 0 aliphatic heterocycles. The van der Waals surface area contributed by atoms with E-state index in [0.29, 0.717) is 0 Å². The standard InChI is InChI=1S/C17H32N2O6P2/c1-2-3-4-5-6-7-8-9-12-18-16-11-10-13-19(14-16)15-17(26(20,21)22)27(23,24)25/h10-11,13-14,17-18H,2-9,12,15H2,1H3,(H3-,20,21,22,23,24,25). The number of nitrogens with one attached hydrogen (secondary N) is 1. The zero-order valence-electron chi connectivity index (χ0n) is 15.9. The Labute approximate surface area is 161 Å². The molecule has 1 rings (SSSR count). The Hall–Kier alpha value is -0.750. The highest BCUT2D eigenvalue weighted by molar-refractivity contribution is 7.70. The number of nitrogens with zero attached hydrogens (tertiary/aromatic N) is 1. The van der Waals surface area contributed by atoms with Crippen LogP contribution >= 0.6 is 15.2 Å². The first-order chi connectivity index (χ1) is 12.6. The van der Waals surface area contributed by atoms with Crippen LogP contribution in [0.4, 0.5) is 5.69 Å². The van der Waals surface area contributed by atoms with E-state index < -0.39 is 27.1 Å². The van der Waals surface area contributed by atoms with E-state index in [4.69, 9.17) is 4.89 Å². The molecular weight excluding hydrogens is 390 g/mol. The second-order valence-corrected chi connectivity index (χ2v) is 10.8. The van der Waals surface area contributed by atoms with Crippen molar-refractivity contribution in [3.05, 3.63) is 24.5 Å². The van der Waals surface area contributed by atoms with Crippen molar-refractivity contribution in [2.75, 3.05) is 11.9 Å². The Morgan fingerprint density at radius 3 is 2.22 bits per heavy atom. The van der Waals surface area contributed by atoms with Crippen LogP contribution in [0, 0.1) is 0 Å². The van der Waals surface area contributed by atoms with Gasteiger partial charge >= 0.3 is 7.60 Å². The molecule has 2 atom stereocenters. The molecule has 2 unspecified atom stereocenters. The van der Waals surface area contributed by atoms with E-state index in [1.54, 1.807) is 18.3 Å². The van der Waals surface area contributed by atoms with Gasteiger partial charge < -0.3 is 29.5 Å². The van der Waals surface area contributed by atoms with Gasteiger partial charge in [-0.25, -0.2) is 4.57 Å². The summed E-state index contributed by atoms with van der Waals surface area (Å²) in [4.78, 5) is 38.8. The molecule has 0 saturated heterocycles. The maximum Gasteiger partial charge on any atom is 0.343 e. The zero-order valence-corrected chi connectivity index (χ0v) is 17.7. The van der Waals surface area contributed by atoms with Crippen LogP contribution in [0.2, 0.25) is 0 Å². The van der Waals surface area contributed by atoms with Gasteiger partial charge in [0.05, 0.1) is 5.69 Å². The average molecular weight is 422 g/mol. The lowest BCUT2D eigenvalue weighted by atomic mass is 10.1. The number of rotatable bonds is 14. The largest absolute Gasteiger partial charge is 0.778 e. The molecule has 0 amide bonds.